The Hall–Kier alpha value is -1.70. The van der Waals surface area contributed by atoms with Crippen LogP contribution in [0.1, 0.15) is 31.4 Å². The molecular weight excluding hydrogens is 336 g/mol. The first-order valence-electron chi connectivity index (χ1n) is 7.72. The number of unbranched alkanes of at least 4 members (excludes halogenated alkanes) is 1. The first-order chi connectivity index (χ1) is 11.5. The predicted molar refractivity (Wildman–Crippen MR) is 86.5 cm³/mol. The lowest BCUT2D eigenvalue weighted by Crippen LogP contribution is -2.33. The average molecular weight is 357 g/mol. The summed E-state index contributed by atoms with van der Waals surface area (Å²) >= 11 is 6.01. The van der Waals surface area contributed by atoms with Crippen LogP contribution in [-0.4, -0.2) is 49.3 Å². The molecule has 1 aromatic heterocycles. The van der Waals surface area contributed by atoms with E-state index in [4.69, 9.17) is 25.8 Å². The molecule has 7 nitrogen and oxygen atoms in total. The van der Waals surface area contributed by atoms with Crippen molar-refractivity contribution in [3.63, 3.8) is 0 Å². The molecule has 1 fully saturated rings. The van der Waals surface area contributed by atoms with E-state index in [1.165, 1.54) is 14.2 Å². The number of hydrogen-bond acceptors (Lipinski definition) is 6. The normalized spacial score (nSPS) is 14.8. The summed E-state index contributed by atoms with van der Waals surface area (Å²) in [6.07, 6.45) is 3.05. The molecule has 0 aromatic carbocycles. The van der Waals surface area contributed by atoms with Crippen molar-refractivity contribution in [3.8, 4) is 0 Å². The van der Waals surface area contributed by atoms with Gasteiger partial charge in [0, 0.05) is 38.3 Å². The third kappa shape index (κ3) is 4.23. The first kappa shape index (κ1) is 18.6. The van der Waals surface area contributed by atoms with E-state index in [-0.39, 0.29) is 18.9 Å². The van der Waals surface area contributed by atoms with E-state index in [2.05, 4.69) is 4.98 Å². The Morgan fingerprint density at radius 3 is 2.75 bits per heavy atom. The third-order valence-electron chi connectivity index (χ3n) is 3.98. The van der Waals surface area contributed by atoms with Crippen LogP contribution in [0.3, 0.4) is 0 Å². The number of imide groups is 1. The van der Waals surface area contributed by atoms with Gasteiger partial charge in [-0.1, -0.05) is 11.6 Å². The highest BCUT2D eigenvalue weighted by molar-refractivity contribution is 6.30. The van der Waals surface area contributed by atoms with Crippen molar-refractivity contribution in [3.05, 3.63) is 29.0 Å². The van der Waals surface area contributed by atoms with E-state index in [1.54, 1.807) is 18.3 Å². The molecule has 0 spiro atoms. The van der Waals surface area contributed by atoms with Gasteiger partial charge in [0.2, 0.25) is 11.7 Å². The standard InChI is InChI=1S/C16H21ClN2O5/c1-22-16(23-2,13-11-12(17)6-8-18-13)7-4-3-5-14(20)19-9-10-24-15(19)21/h6,8,11H,3-5,7,9-10H2,1-2H3. The van der Waals surface area contributed by atoms with Crippen molar-refractivity contribution in [1.82, 2.24) is 9.88 Å². The summed E-state index contributed by atoms with van der Waals surface area (Å²) in [5.74, 6) is -1.24. The fourth-order valence-electron chi connectivity index (χ4n) is 2.63. The minimum atomic E-state index is -1.01. The number of carbonyl (C=O) groups is 2. The second-order valence-corrected chi connectivity index (χ2v) is 5.82. The third-order valence-corrected chi connectivity index (χ3v) is 4.22. The maximum atomic E-state index is 12.0. The van der Waals surface area contributed by atoms with Gasteiger partial charge in [-0.05, 0) is 25.0 Å². The Morgan fingerprint density at radius 1 is 1.42 bits per heavy atom. The van der Waals surface area contributed by atoms with E-state index in [1.807, 2.05) is 0 Å². The molecule has 0 bridgehead atoms. The van der Waals surface area contributed by atoms with E-state index >= 15 is 0 Å². The molecule has 2 rings (SSSR count). The van der Waals surface area contributed by atoms with Gasteiger partial charge in [-0.15, -0.1) is 0 Å². The second kappa shape index (κ2) is 8.41. The lowest BCUT2D eigenvalue weighted by Gasteiger charge is -2.30. The van der Waals surface area contributed by atoms with Crippen molar-refractivity contribution in [2.75, 3.05) is 27.4 Å². The second-order valence-electron chi connectivity index (χ2n) is 5.39. The number of amides is 2. The van der Waals surface area contributed by atoms with E-state index in [0.29, 0.717) is 36.5 Å². The van der Waals surface area contributed by atoms with E-state index in [0.717, 1.165) is 4.90 Å². The van der Waals surface area contributed by atoms with Gasteiger partial charge in [0.1, 0.15) is 12.3 Å². The maximum Gasteiger partial charge on any atom is 0.416 e. The SMILES string of the molecule is COC(CCCCC(=O)N1CCOC1=O)(OC)c1cc(Cl)ccn1. The molecule has 2 heterocycles. The van der Waals surface area contributed by atoms with Crippen molar-refractivity contribution in [1.29, 1.82) is 0 Å². The van der Waals surface area contributed by atoms with Gasteiger partial charge >= 0.3 is 6.09 Å². The van der Waals surface area contributed by atoms with Crippen LogP contribution < -0.4 is 0 Å². The summed E-state index contributed by atoms with van der Waals surface area (Å²) < 4.78 is 15.8. The van der Waals surface area contributed by atoms with Gasteiger partial charge in [0.05, 0.1) is 6.54 Å². The molecule has 1 aliphatic heterocycles. The van der Waals surface area contributed by atoms with Gasteiger partial charge in [0.25, 0.3) is 0 Å². The summed E-state index contributed by atoms with van der Waals surface area (Å²) in [5.41, 5.74) is 0.578. The van der Waals surface area contributed by atoms with Gasteiger partial charge in [-0.2, -0.15) is 0 Å². The molecule has 0 unspecified atom stereocenters. The van der Waals surface area contributed by atoms with Crippen LogP contribution in [-0.2, 0) is 24.8 Å². The Labute approximate surface area is 145 Å². The fraction of sp³-hybridized carbons (Fsp3) is 0.562. The number of rotatable bonds is 8. The lowest BCUT2D eigenvalue weighted by molar-refractivity contribution is -0.223. The monoisotopic (exact) mass is 356 g/mol. The zero-order valence-electron chi connectivity index (χ0n) is 13.8. The molecule has 0 saturated carbocycles. The topological polar surface area (TPSA) is 78.0 Å². The molecule has 0 atom stereocenters. The summed E-state index contributed by atoms with van der Waals surface area (Å²) in [6, 6.07) is 3.37. The summed E-state index contributed by atoms with van der Waals surface area (Å²) in [5, 5.41) is 0.543. The van der Waals surface area contributed by atoms with Crippen molar-refractivity contribution < 1.29 is 23.8 Å². The van der Waals surface area contributed by atoms with Gasteiger partial charge < -0.3 is 14.2 Å². The number of aromatic nitrogens is 1. The number of cyclic esters (lactones) is 1. The van der Waals surface area contributed by atoms with Crippen LogP contribution in [0.5, 0.6) is 0 Å². The number of carbonyl (C=O) groups excluding carboxylic acids is 2. The zero-order chi connectivity index (χ0) is 17.6. The molecule has 1 saturated heterocycles. The minimum absolute atomic E-state index is 0.223. The highest BCUT2D eigenvalue weighted by Crippen LogP contribution is 2.31. The number of pyridine rings is 1. The summed E-state index contributed by atoms with van der Waals surface area (Å²) in [7, 11) is 3.08. The number of methoxy groups -OCH3 is 2. The summed E-state index contributed by atoms with van der Waals surface area (Å²) in [4.78, 5) is 28.7. The molecular formula is C16H21ClN2O5. The summed E-state index contributed by atoms with van der Waals surface area (Å²) in [6.45, 7) is 0.589. The fourth-order valence-corrected chi connectivity index (χ4v) is 2.79. The number of hydrogen-bond donors (Lipinski definition) is 0. The Bertz CT molecular complexity index is 592. The average Bonchev–Trinajstić information content (AvgIpc) is 3.01. The molecule has 8 heteroatoms. The van der Waals surface area contributed by atoms with E-state index < -0.39 is 11.9 Å². The number of nitrogens with zero attached hydrogens (tertiary/aromatic N) is 2. The van der Waals surface area contributed by atoms with Gasteiger partial charge in [-0.25, -0.2) is 9.69 Å². The molecule has 132 valence electrons. The maximum absolute atomic E-state index is 12.0. The van der Waals surface area contributed by atoms with Crippen molar-refractivity contribution in [2.24, 2.45) is 0 Å². The Morgan fingerprint density at radius 2 is 2.17 bits per heavy atom. The largest absolute Gasteiger partial charge is 0.447 e. The van der Waals surface area contributed by atoms with Crippen molar-refractivity contribution >= 4 is 23.6 Å². The number of ether oxygens (including phenoxy) is 3. The van der Waals surface area contributed by atoms with Gasteiger partial charge in [-0.3, -0.25) is 9.78 Å². The molecule has 2 amide bonds. The van der Waals surface area contributed by atoms with Crippen LogP contribution in [0.2, 0.25) is 5.02 Å². The van der Waals surface area contributed by atoms with Crippen LogP contribution in [0.4, 0.5) is 4.79 Å². The molecule has 1 aromatic rings. The predicted octanol–water partition coefficient (Wildman–Crippen LogP) is 2.72. The Balaban J connectivity index is 1.90. The molecule has 0 radical (unpaired) electrons. The highest BCUT2D eigenvalue weighted by Gasteiger charge is 2.34. The smallest absolute Gasteiger partial charge is 0.416 e. The van der Waals surface area contributed by atoms with Gasteiger partial charge in [0.15, 0.2) is 0 Å². The molecule has 1 aliphatic rings. The molecule has 0 aliphatic carbocycles. The quantitative estimate of drug-likeness (QED) is 0.526. The minimum Gasteiger partial charge on any atom is -0.447 e. The highest BCUT2D eigenvalue weighted by atomic mass is 35.5. The Kier molecular flexibility index (Phi) is 6.53. The molecule has 0 N–H and O–H groups in total. The molecule has 24 heavy (non-hydrogen) atoms. The zero-order valence-corrected chi connectivity index (χ0v) is 14.5. The van der Waals surface area contributed by atoms with E-state index in [9.17, 15) is 9.59 Å². The van der Waals surface area contributed by atoms with Crippen LogP contribution in [0.25, 0.3) is 0 Å². The lowest BCUT2D eigenvalue weighted by atomic mass is 10.0. The first-order valence-corrected chi connectivity index (χ1v) is 8.09. The van der Waals surface area contributed by atoms with Crippen LogP contribution in [0.15, 0.2) is 18.3 Å². The van der Waals surface area contributed by atoms with Crippen LogP contribution in [0, 0.1) is 0 Å². The van der Waals surface area contributed by atoms with Crippen LogP contribution >= 0.6 is 11.6 Å². The van der Waals surface area contributed by atoms with Crippen molar-refractivity contribution in [2.45, 2.75) is 31.5 Å². The number of halogens is 1.